The van der Waals surface area contributed by atoms with E-state index >= 15 is 0 Å². The van der Waals surface area contributed by atoms with E-state index in [9.17, 15) is 4.79 Å². The average Bonchev–Trinajstić information content (AvgIpc) is 2.84. The molecule has 0 spiro atoms. The summed E-state index contributed by atoms with van der Waals surface area (Å²) in [5.41, 5.74) is 2.02. The number of rotatable bonds is 6. The lowest BCUT2D eigenvalue weighted by Gasteiger charge is -2.07. The zero-order valence-corrected chi connectivity index (χ0v) is 11.6. The molecule has 0 unspecified atom stereocenters. The van der Waals surface area contributed by atoms with Crippen molar-refractivity contribution in [1.29, 1.82) is 0 Å². The molecule has 20 heavy (non-hydrogen) atoms. The Morgan fingerprint density at radius 1 is 1.40 bits per heavy atom. The Balaban J connectivity index is 2.01. The van der Waals surface area contributed by atoms with E-state index < -0.39 is 5.97 Å². The van der Waals surface area contributed by atoms with Gasteiger partial charge in [0.25, 0.3) is 0 Å². The summed E-state index contributed by atoms with van der Waals surface area (Å²) in [5, 5.41) is 16.5. The van der Waals surface area contributed by atoms with Gasteiger partial charge in [0.1, 0.15) is 5.82 Å². The van der Waals surface area contributed by atoms with Crippen LogP contribution in [0.3, 0.4) is 0 Å². The van der Waals surface area contributed by atoms with Gasteiger partial charge in [-0.05, 0) is 24.6 Å². The number of aromatic nitrogens is 3. The molecule has 2 heterocycles. The molecular formula is C14H18N4O2. The van der Waals surface area contributed by atoms with Crippen LogP contribution in [0.5, 0.6) is 0 Å². The summed E-state index contributed by atoms with van der Waals surface area (Å²) in [5.74, 6) is -0.340. The fourth-order valence-electron chi connectivity index (χ4n) is 1.90. The SMILES string of the molecule is CCc1cc(C(=O)O)cc(NCCc2ccn(C)n2)n1. The third-order valence-corrected chi connectivity index (χ3v) is 2.94. The Hall–Kier alpha value is -2.37. The van der Waals surface area contributed by atoms with Crippen LogP contribution in [0.4, 0.5) is 5.82 Å². The molecule has 0 amide bonds. The predicted octanol–water partition coefficient (Wildman–Crippen LogP) is 1.73. The highest BCUT2D eigenvalue weighted by Gasteiger charge is 2.07. The molecule has 0 fully saturated rings. The van der Waals surface area contributed by atoms with E-state index in [0.717, 1.165) is 17.8 Å². The van der Waals surface area contributed by atoms with Crippen molar-refractivity contribution in [3.05, 3.63) is 41.3 Å². The molecule has 0 aromatic carbocycles. The van der Waals surface area contributed by atoms with Gasteiger partial charge in [-0.15, -0.1) is 0 Å². The first-order valence-corrected chi connectivity index (χ1v) is 6.55. The molecular weight excluding hydrogens is 256 g/mol. The van der Waals surface area contributed by atoms with Gasteiger partial charge < -0.3 is 10.4 Å². The van der Waals surface area contributed by atoms with E-state index in [2.05, 4.69) is 15.4 Å². The molecule has 2 N–H and O–H groups in total. The summed E-state index contributed by atoms with van der Waals surface area (Å²) in [6.45, 7) is 2.61. The van der Waals surface area contributed by atoms with E-state index in [4.69, 9.17) is 5.11 Å². The first-order chi connectivity index (χ1) is 9.58. The van der Waals surface area contributed by atoms with Crippen LogP contribution in [-0.2, 0) is 19.9 Å². The van der Waals surface area contributed by atoms with E-state index in [1.807, 2.05) is 26.2 Å². The van der Waals surface area contributed by atoms with Gasteiger partial charge in [0, 0.05) is 31.9 Å². The molecule has 0 atom stereocenters. The molecule has 2 rings (SSSR count). The Morgan fingerprint density at radius 2 is 2.20 bits per heavy atom. The van der Waals surface area contributed by atoms with Crippen molar-refractivity contribution in [3.63, 3.8) is 0 Å². The van der Waals surface area contributed by atoms with Crippen molar-refractivity contribution < 1.29 is 9.90 Å². The number of carboxylic acid groups (broad SMARTS) is 1. The second-order valence-corrected chi connectivity index (χ2v) is 4.55. The number of carbonyl (C=O) groups is 1. The molecule has 0 bridgehead atoms. The van der Waals surface area contributed by atoms with E-state index in [0.29, 0.717) is 18.8 Å². The lowest BCUT2D eigenvalue weighted by atomic mass is 10.2. The molecule has 0 saturated carbocycles. The van der Waals surface area contributed by atoms with Gasteiger partial charge in [0.15, 0.2) is 0 Å². The highest BCUT2D eigenvalue weighted by molar-refractivity contribution is 5.88. The van der Waals surface area contributed by atoms with E-state index in [1.165, 1.54) is 0 Å². The van der Waals surface area contributed by atoms with Crippen molar-refractivity contribution in [2.45, 2.75) is 19.8 Å². The first-order valence-electron chi connectivity index (χ1n) is 6.55. The standard InChI is InChI=1S/C14H18N4O2/c1-3-11-8-10(14(19)20)9-13(16-11)15-6-4-12-5-7-18(2)17-12/h5,7-9H,3-4,6H2,1-2H3,(H,15,16)(H,19,20). The minimum Gasteiger partial charge on any atom is -0.478 e. The lowest BCUT2D eigenvalue weighted by molar-refractivity contribution is 0.0696. The second kappa shape index (κ2) is 6.18. The largest absolute Gasteiger partial charge is 0.478 e. The molecule has 2 aromatic heterocycles. The maximum Gasteiger partial charge on any atom is 0.335 e. The summed E-state index contributed by atoms with van der Waals surface area (Å²) >= 11 is 0. The van der Waals surface area contributed by atoms with Gasteiger partial charge in [0.2, 0.25) is 0 Å². The van der Waals surface area contributed by atoms with Crippen LogP contribution in [-0.4, -0.2) is 32.4 Å². The fraction of sp³-hybridized carbons (Fsp3) is 0.357. The monoisotopic (exact) mass is 274 g/mol. The molecule has 106 valence electrons. The number of pyridine rings is 1. The van der Waals surface area contributed by atoms with Crippen molar-refractivity contribution in [2.75, 3.05) is 11.9 Å². The van der Waals surface area contributed by atoms with E-state index in [-0.39, 0.29) is 5.56 Å². The predicted molar refractivity (Wildman–Crippen MR) is 76.0 cm³/mol. The Bertz CT molecular complexity index is 607. The molecule has 6 heteroatoms. The Kier molecular flexibility index (Phi) is 4.34. The number of nitrogens with one attached hydrogen (secondary N) is 1. The van der Waals surface area contributed by atoms with Crippen LogP contribution in [0, 0.1) is 0 Å². The van der Waals surface area contributed by atoms with Crippen LogP contribution in [0.15, 0.2) is 24.4 Å². The lowest BCUT2D eigenvalue weighted by Crippen LogP contribution is -2.09. The van der Waals surface area contributed by atoms with Crippen molar-refractivity contribution in [2.24, 2.45) is 7.05 Å². The van der Waals surface area contributed by atoms with Gasteiger partial charge in [-0.25, -0.2) is 9.78 Å². The normalized spacial score (nSPS) is 10.5. The van der Waals surface area contributed by atoms with Gasteiger partial charge in [-0.3, -0.25) is 4.68 Å². The van der Waals surface area contributed by atoms with Gasteiger partial charge >= 0.3 is 5.97 Å². The highest BCUT2D eigenvalue weighted by Crippen LogP contribution is 2.11. The number of aromatic carboxylic acids is 1. The molecule has 0 aliphatic carbocycles. The second-order valence-electron chi connectivity index (χ2n) is 4.55. The molecule has 2 aromatic rings. The highest BCUT2D eigenvalue weighted by atomic mass is 16.4. The summed E-state index contributed by atoms with van der Waals surface area (Å²) in [4.78, 5) is 15.4. The van der Waals surface area contributed by atoms with Crippen molar-refractivity contribution >= 4 is 11.8 Å². The molecule has 0 saturated heterocycles. The number of carboxylic acids is 1. The summed E-state index contributed by atoms with van der Waals surface area (Å²) in [6, 6.07) is 5.12. The minimum atomic E-state index is -0.935. The van der Waals surface area contributed by atoms with Gasteiger partial charge in [-0.2, -0.15) is 5.10 Å². The van der Waals surface area contributed by atoms with Gasteiger partial charge in [0.05, 0.1) is 11.3 Å². The Labute approximate surface area is 117 Å². The maximum absolute atomic E-state index is 11.1. The summed E-state index contributed by atoms with van der Waals surface area (Å²) < 4.78 is 1.76. The Morgan fingerprint density at radius 3 is 2.80 bits per heavy atom. The van der Waals surface area contributed by atoms with Crippen molar-refractivity contribution in [3.8, 4) is 0 Å². The maximum atomic E-state index is 11.1. The van der Waals surface area contributed by atoms with Crippen LogP contribution >= 0.6 is 0 Å². The molecule has 0 aliphatic heterocycles. The zero-order valence-electron chi connectivity index (χ0n) is 11.6. The van der Waals surface area contributed by atoms with Crippen LogP contribution < -0.4 is 5.32 Å². The number of aryl methyl sites for hydroxylation is 2. The smallest absolute Gasteiger partial charge is 0.335 e. The average molecular weight is 274 g/mol. The van der Waals surface area contributed by atoms with Crippen LogP contribution in [0.2, 0.25) is 0 Å². The topological polar surface area (TPSA) is 80.0 Å². The van der Waals surface area contributed by atoms with Crippen LogP contribution in [0.25, 0.3) is 0 Å². The molecule has 6 nitrogen and oxygen atoms in total. The van der Waals surface area contributed by atoms with Gasteiger partial charge in [-0.1, -0.05) is 6.92 Å². The first kappa shape index (κ1) is 14.0. The number of anilines is 1. The minimum absolute atomic E-state index is 0.261. The molecule has 0 aliphatic rings. The summed E-state index contributed by atoms with van der Waals surface area (Å²) in [6.07, 6.45) is 3.37. The third kappa shape index (κ3) is 3.57. The number of nitrogens with zero attached hydrogens (tertiary/aromatic N) is 3. The van der Waals surface area contributed by atoms with Crippen LogP contribution in [0.1, 0.15) is 28.7 Å². The molecule has 0 radical (unpaired) electrons. The zero-order chi connectivity index (χ0) is 14.5. The number of hydrogen-bond donors (Lipinski definition) is 2. The number of hydrogen-bond acceptors (Lipinski definition) is 4. The quantitative estimate of drug-likeness (QED) is 0.838. The fourth-order valence-corrected chi connectivity index (χ4v) is 1.90. The third-order valence-electron chi connectivity index (χ3n) is 2.94. The summed E-state index contributed by atoms with van der Waals surface area (Å²) in [7, 11) is 1.88. The van der Waals surface area contributed by atoms with E-state index in [1.54, 1.807) is 16.8 Å². The van der Waals surface area contributed by atoms with Crippen molar-refractivity contribution in [1.82, 2.24) is 14.8 Å².